The Morgan fingerprint density at radius 1 is 1.31 bits per heavy atom. The van der Waals surface area contributed by atoms with Crippen LogP contribution in [0.15, 0.2) is 0 Å². The Bertz CT molecular complexity index is 214. The van der Waals surface area contributed by atoms with Gasteiger partial charge in [0.25, 0.3) is 0 Å². The van der Waals surface area contributed by atoms with Gasteiger partial charge >= 0.3 is 0 Å². The monoisotopic (exact) mass is 223 g/mol. The van der Waals surface area contributed by atoms with Crippen LogP contribution in [0.25, 0.3) is 0 Å². The molecule has 0 bridgehead atoms. The predicted octanol–water partition coefficient (Wildman–Crippen LogP) is 2.14. The number of nitriles is 1. The van der Waals surface area contributed by atoms with Gasteiger partial charge < -0.3 is 10.2 Å². The Morgan fingerprint density at radius 3 is 2.44 bits per heavy atom. The van der Waals surface area contributed by atoms with E-state index >= 15 is 0 Å². The van der Waals surface area contributed by atoms with Crippen molar-refractivity contribution in [2.24, 2.45) is 0 Å². The lowest BCUT2D eigenvalue weighted by Crippen LogP contribution is -2.35. The van der Waals surface area contributed by atoms with Crippen molar-refractivity contribution in [1.82, 2.24) is 10.2 Å². The highest BCUT2D eigenvalue weighted by Crippen LogP contribution is 2.21. The standard InChI is InChI=1S/C13H25N3/c1-15-12(11-14)9-10-16(2)13-7-5-3-4-6-8-13/h12-13,15H,3-10H2,1-2H3. The summed E-state index contributed by atoms with van der Waals surface area (Å²) in [6, 6.07) is 3.04. The zero-order valence-electron chi connectivity index (χ0n) is 10.7. The SMILES string of the molecule is CNC(C#N)CCN(C)C1CCCCCC1. The zero-order valence-corrected chi connectivity index (χ0v) is 10.7. The molecule has 1 unspecified atom stereocenters. The van der Waals surface area contributed by atoms with Crippen LogP contribution in [-0.4, -0.2) is 37.6 Å². The van der Waals surface area contributed by atoms with Gasteiger partial charge in [-0.15, -0.1) is 0 Å². The van der Waals surface area contributed by atoms with E-state index in [2.05, 4.69) is 23.3 Å². The van der Waals surface area contributed by atoms with E-state index in [4.69, 9.17) is 5.26 Å². The molecule has 0 spiro atoms. The van der Waals surface area contributed by atoms with Crippen LogP contribution in [0.1, 0.15) is 44.9 Å². The Hall–Kier alpha value is -0.590. The fourth-order valence-corrected chi connectivity index (χ4v) is 2.49. The largest absolute Gasteiger partial charge is 0.305 e. The van der Waals surface area contributed by atoms with Crippen molar-refractivity contribution >= 4 is 0 Å². The molecule has 3 nitrogen and oxygen atoms in total. The average Bonchev–Trinajstić information content (AvgIpc) is 2.58. The average molecular weight is 223 g/mol. The minimum absolute atomic E-state index is 0.00762. The molecule has 1 fully saturated rings. The maximum Gasteiger partial charge on any atom is 0.0962 e. The molecule has 1 aliphatic carbocycles. The van der Waals surface area contributed by atoms with Gasteiger partial charge in [-0.2, -0.15) is 5.26 Å². The van der Waals surface area contributed by atoms with E-state index in [-0.39, 0.29) is 6.04 Å². The first-order valence-corrected chi connectivity index (χ1v) is 6.55. The maximum absolute atomic E-state index is 8.86. The molecule has 16 heavy (non-hydrogen) atoms. The highest BCUT2D eigenvalue weighted by atomic mass is 15.1. The number of hydrogen-bond acceptors (Lipinski definition) is 3. The van der Waals surface area contributed by atoms with Crippen molar-refractivity contribution in [3.05, 3.63) is 0 Å². The minimum atomic E-state index is 0.00762. The third-order valence-electron chi connectivity index (χ3n) is 3.72. The van der Waals surface area contributed by atoms with Crippen LogP contribution in [0.5, 0.6) is 0 Å². The fraction of sp³-hybridized carbons (Fsp3) is 0.923. The first-order valence-electron chi connectivity index (χ1n) is 6.55. The molecular weight excluding hydrogens is 198 g/mol. The summed E-state index contributed by atoms with van der Waals surface area (Å²) in [6.07, 6.45) is 9.18. The van der Waals surface area contributed by atoms with E-state index in [1.807, 2.05) is 7.05 Å². The minimum Gasteiger partial charge on any atom is -0.305 e. The first kappa shape index (κ1) is 13.5. The summed E-state index contributed by atoms with van der Waals surface area (Å²) in [5.74, 6) is 0. The zero-order chi connectivity index (χ0) is 11.8. The van der Waals surface area contributed by atoms with Crippen LogP contribution in [0.4, 0.5) is 0 Å². The van der Waals surface area contributed by atoms with Gasteiger partial charge in [0.2, 0.25) is 0 Å². The van der Waals surface area contributed by atoms with Gasteiger partial charge in [-0.3, -0.25) is 0 Å². The summed E-state index contributed by atoms with van der Waals surface area (Å²) >= 11 is 0. The third kappa shape index (κ3) is 4.51. The molecule has 0 amide bonds. The number of rotatable bonds is 5. The van der Waals surface area contributed by atoms with Crippen molar-refractivity contribution in [3.8, 4) is 6.07 Å². The molecule has 1 N–H and O–H groups in total. The van der Waals surface area contributed by atoms with Crippen LogP contribution in [0.3, 0.4) is 0 Å². The smallest absolute Gasteiger partial charge is 0.0962 e. The summed E-state index contributed by atoms with van der Waals surface area (Å²) in [6.45, 7) is 1.03. The second kappa shape index (κ2) is 7.65. The molecule has 0 aromatic heterocycles. The molecule has 0 radical (unpaired) electrons. The third-order valence-corrected chi connectivity index (χ3v) is 3.72. The number of nitrogens with one attached hydrogen (secondary N) is 1. The molecule has 1 rings (SSSR count). The van der Waals surface area contributed by atoms with Crippen molar-refractivity contribution in [3.63, 3.8) is 0 Å². The molecule has 1 aliphatic rings. The molecule has 3 heteroatoms. The molecule has 1 atom stereocenters. The van der Waals surface area contributed by atoms with Gasteiger partial charge in [0, 0.05) is 12.6 Å². The van der Waals surface area contributed by atoms with Crippen LogP contribution < -0.4 is 5.32 Å². The van der Waals surface area contributed by atoms with E-state index in [0.29, 0.717) is 0 Å². The van der Waals surface area contributed by atoms with Gasteiger partial charge in [0.05, 0.1) is 12.1 Å². The maximum atomic E-state index is 8.86. The molecule has 0 aromatic rings. The number of hydrogen-bond donors (Lipinski definition) is 1. The van der Waals surface area contributed by atoms with Crippen LogP contribution >= 0.6 is 0 Å². The second-order valence-electron chi connectivity index (χ2n) is 4.89. The lowest BCUT2D eigenvalue weighted by Gasteiger charge is -2.27. The lowest BCUT2D eigenvalue weighted by atomic mass is 10.1. The molecule has 0 aliphatic heterocycles. The van der Waals surface area contributed by atoms with Crippen LogP contribution in [0.2, 0.25) is 0 Å². The molecule has 1 saturated carbocycles. The van der Waals surface area contributed by atoms with Crippen molar-refractivity contribution in [1.29, 1.82) is 5.26 Å². The fourth-order valence-electron chi connectivity index (χ4n) is 2.49. The van der Waals surface area contributed by atoms with E-state index in [0.717, 1.165) is 19.0 Å². The quantitative estimate of drug-likeness (QED) is 0.726. The molecule has 92 valence electrons. The van der Waals surface area contributed by atoms with Gasteiger partial charge in [-0.05, 0) is 33.4 Å². The Kier molecular flexibility index (Phi) is 6.44. The van der Waals surface area contributed by atoms with Crippen LogP contribution in [0, 0.1) is 11.3 Å². The normalized spacial score (nSPS) is 20.4. The van der Waals surface area contributed by atoms with Crippen molar-refractivity contribution in [2.45, 2.75) is 57.0 Å². The van der Waals surface area contributed by atoms with E-state index < -0.39 is 0 Å². The van der Waals surface area contributed by atoms with E-state index in [9.17, 15) is 0 Å². The summed E-state index contributed by atoms with van der Waals surface area (Å²) in [4.78, 5) is 2.45. The van der Waals surface area contributed by atoms with Gasteiger partial charge in [-0.25, -0.2) is 0 Å². The first-order chi connectivity index (χ1) is 7.77. The molecule has 0 saturated heterocycles. The lowest BCUT2D eigenvalue weighted by molar-refractivity contribution is 0.215. The summed E-state index contributed by atoms with van der Waals surface area (Å²) < 4.78 is 0. The molecular formula is C13H25N3. The van der Waals surface area contributed by atoms with E-state index in [1.165, 1.54) is 38.5 Å². The van der Waals surface area contributed by atoms with E-state index in [1.54, 1.807) is 0 Å². The molecule has 0 heterocycles. The number of nitrogens with zero attached hydrogens (tertiary/aromatic N) is 2. The Labute approximate surface area is 99.8 Å². The van der Waals surface area contributed by atoms with Gasteiger partial charge in [0.1, 0.15) is 0 Å². The van der Waals surface area contributed by atoms with Gasteiger partial charge in [0.15, 0.2) is 0 Å². The summed E-state index contributed by atoms with van der Waals surface area (Å²) in [5.41, 5.74) is 0. The second-order valence-corrected chi connectivity index (χ2v) is 4.89. The van der Waals surface area contributed by atoms with Crippen molar-refractivity contribution in [2.75, 3.05) is 20.6 Å². The van der Waals surface area contributed by atoms with Gasteiger partial charge in [-0.1, -0.05) is 25.7 Å². The topological polar surface area (TPSA) is 39.1 Å². The highest BCUT2D eigenvalue weighted by molar-refractivity contribution is 4.89. The van der Waals surface area contributed by atoms with Crippen LogP contribution in [-0.2, 0) is 0 Å². The summed E-state index contributed by atoms with van der Waals surface area (Å²) in [5, 5.41) is 11.9. The predicted molar refractivity (Wildman–Crippen MR) is 67.2 cm³/mol. The Morgan fingerprint density at radius 2 is 1.94 bits per heavy atom. The summed E-state index contributed by atoms with van der Waals surface area (Å²) in [7, 11) is 4.07. The van der Waals surface area contributed by atoms with Crippen molar-refractivity contribution < 1.29 is 0 Å². The molecule has 0 aromatic carbocycles. The Balaban J connectivity index is 2.27. The highest BCUT2D eigenvalue weighted by Gasteiger charge is 2.17.